The van der Waals surface area contributed by atoms with Gasteiger partial charge in [-0.15, -0.1) is 0 Å². The van der Waals surface area contributed by atoms with Crippen molar-refractivity contribution in [1.29, 1.82) is 0 Å². The van der Waals surface area contributed by atoms with Crippen molar-refractivity contribution in [2.24, 2.45) is 0 Å². The summed E-state index contributed by atoms with van der Waals surface area (Å²) < 4.78 is 17.4. The molecule has 0 radical (unpaired) electrons. The highest BCUT2D eigenvalue weighted by atomic mass is 31.2. The lowest BCUT2D eigenvalue weighted by molar-refractivity contribution is 0.592. The predicted octanol–water partition coefficient (Wildman–Crippen LogP) is 7.04. The first-order valence-corrected chi connectivity index (χ1v) is 13.6. The number of benzene rings is 5. The second-order valence-electron chi connectivity index (χ2n) is 9.17. The zero-order valence-corrected chi connectivity index (χ0v) is 20.7. The summed E-state index contributed by atoms with van der Waals surface area (Å²) in [6.45, 7) is 4.12. The van der Waals surface area contributed by atoms with Crippen LogP contribution in [0.3, 0.4) is 0 Å². The number of aryl methyl sites for hydroxylation is 2. The average molecular weight is 472 g/mol. The number of rotatable bonds is 4. The second kappa shape index (κ2) is 8.41. The number of nitrogens with zero attached hydrogens (tertiary/aromatic N) is 1. The van der Waals surface area contributed by atoms with Crippen molar-refractivity contribution in [3.63, 3.8) is 0 Å². The Kier molecular flexibility index (Phi) is 5.20. The molecule has 0 atom stereocenters. The Morgan fingerprint density at radius 2 is 1.00 bits per heavy atom. The average Bonchev–Trinajstić information content (AvgIpc) is 3.24. The number of aromatic nitrogens is 1. The molecule has 2 nitrogen and oxygen atoms in total. The second-order valence-corrected chi connectivity index (χ2v) is 11.9. The number of hydrogen-bond donors (Lipinski definition) is 0. The van der Waals surface area contributed by atoms with Crippen LogP contribution in [0.25, 0.3) is 27.5 Å². The van der Waals surface area contributed by atoms with Crippen molar-refractivity contribution in [1.82, 2.24) is 4.57 Å². The van der Waals surface area contributed by atoms with Gasteiger partial charge in [-0.05, 0) is 38.1 Å². The molecule has 0 aliphatic heterocycles. The van der Waals surface area contributed by atoms with Gasteiger partial charge in [-0.3, -0.25) is 0 Å². The number of fused-ring (bicyclic) bond motifs is 3. The Balaban J connectivity index is 1.62. The Morgan fingerprint density at radius 3 is 1.51 bits per heavy atom. The fourth-order valence-corrected chi connectivity index (χ4v) is 7.63. The lowest BCUT2D eigenvalue weighted by atomic mass is 10.2. The van der Waals surface area contributed by atoms with Crippen LogP contribution in [0.1, 0.15) is 11.1 Å². The molecule has 35 heavy (non-hydrogen) atoms. The maximum atomic E-state index is 15.1. The van der Waals surface area contributed by atoms with Gasteiger partial charge in [0, 0.05) is 32.4 Å². The summed E-state index contributed by atoms with van der Waals surface area (Å²) in [6, 6.07) is 41.5. The van der Waals surface area contributed by atoms with Crippen molar-refractivity contribution in [2.75, 3.05) is 0 Å². The molecule has 170 valence electrons. The van der Waals surface area contributed by atoms with Crippen LogP contribution in [-0.4, -0.2) is 4.57 Å². The maximum Gasteiger partial charge on any atom is 0.171 e. The van der Waals surface area contributed by atoms with Crippen LogP contribution >= 0.6 is 7.14 Å². The van der Waals surface area contributed by atoms with Crippen LogP contribution in [0.15, 0.2) is 121 Å². The topological polar surface area (TPSA) is 22.0 Å². The SMILES string of the molecule is Cc1ccc(P(=O)(c2ccc(C)cc2)c2cccc(-n3c4ccccc4c4ccccc43)c2)cc1. The van der Waals surface area contributed by atoms with Gasteiger partial charge < -0.3 is 9.13 Å². The molecular formula is C32H26NOP. The van der Waals surface area contributed by atoms with E-state index in [1.165, 1.54) is 10.8 Å². The molecule has 6 rings (SSSR count). The quantitative estimate of drug-likeness (QED) is 0.253. The lowest BCUT2D eigenvalue weighted by Gasteiger charge is -2.21. The standard InChI is InChI=1S/C32H26NOP/c1-23-14-18-26(19-15-23)35(34,27-20-16-24(2)17-21-27)28-9-7-8-25(22-28)33-31-12-5-3-10-29(31)30-11-4-6-13-32(30)33/h3-22H,1-2H3. The summed E-state index contributed by atoms with van der Waals surface area (Å²) in [6.07, 6.45) is 0. The van der Waals surface area contributed by atoms with Crippen LogP contribution < -0.4 is 15.9 Å². The molecule has 0 aliphatic rings. The summed E-state index contributed by atoms with van der Waals surface area (Å²) in [4.78, 5) is 0. The summed E-state index contributed by atoms with van der Waals surface area (Å²) in [5.74, 6) is 0. The van der Waals surface area contributed by atoms with Crippen LogP contribution in [0.2, 0.25) is 0 Å². The van der Waals surface area contributed by atoms with Crippen LogP contribution in [0.5, 0.6) is 0 Å². The van der Waals surface area contributed by atoms with E-state index in [1.54, 1.807) is 0 Å². The first kappa shape index (κ1) is 21.6. The molecule has 0 amide bonds. The van der Waals surface area contributed by atoms with Gasteiger partial charge in [0.15, 0.2) is 7.14 Å². The Morgan fingerprint density at radius 1 is 0.514 bits per heavy atom. The Hall–Kier alpha value is -3.87. The fourth-order valence-electron chi connectivity index (χ4n) is 4.99. The Labute approximate surface area is 205 Å². The van der Waals surface area contributed by atoms with Gasteiger partial charge in [0.05, 0.1) is 11.0 Å². The maximum absolute atomic E-state index is 15.1. The van der Waals surface area contributed by atoms with E-state index in [0.29, 0.717) is 0 Å². The van der Waals surface area contributed by atoms with E-state index in [0.717, 1.165) is 43.8 Å². The van der Waals surface area contributed by atoms with E-state index in [2.05, 4.69) is 79.1 Å². The first-order chi connectivity index (χ1) is 17.1. The minimum absolute atomic E-state index is 0.838. The molecule has 3 heteroatoms. The van der Waals surface area contributed by atoms with Gasteiger partial charge in [-0.25, -0.2) is 0 Å². The van der Waals surface area contributed by atoms with Gasteiger partial charge in [0.25, 0.3) is 0 Å². The summed E-state index contributed by atoms with van der Waals surface area (Å²) in [5, 5.41) is 4.98. The molecule has 0 aliphatic carbocycles. The molecule has 5 aromatic carbocycles. The summed E-state index contributed by atoms with van der Waals surface area (Å²) in [7, 11) is -3.08. The number of para-hydroxylation sites is 2. The monoisotopic (exact) mass is 471 g/mol. The third kappa shape index (κ3) is 3.53. The van der Waals surface area contributed by atoms with E-state index in [9.17, 15) is 0 Å². The summed E-state index contributed by atoms with van der Waals surface area (Å²) >= 11 is 0. The molecular weight excluding hydrogens is 445 g/mol. The molecule has 1 aromatic heterocycles. The molecule has 1 heterocycles. The van der Waals surface area contributed by atoms with E-state index in [4.69, 9.17) is 0 Å². The smallest absolute Gasteiger partial charge is 0.171 e. The van der Waals surface area contributed by atoms with Crippen molar-refractivity contribution in [3.8, 4) is 5.69 Å². The highest BCUT2D eigenvalue weighted by Crippen LogP contribution is 2.43. The molecule has 0 saturated heterocycles. The van der Waals surface area contributed by atoms with E-state index >= 15 is 4.57 Å². The molecule has 0 N–H and O–H groups in total. The van der Waals surface area contributed by atoms with Gasteiger partial charge in [-0.2, -0.15) is 0 Å². The highest BCUT2D eigenvalue weighted by Gasteiger charge is 2.30. The summed E-state index contributed by atoms with van der Waals surface area (Å²) in [5.41, 5.74) is 5.61. The first-order valence-electron chi connectivity index (χ1n) is 11.9. The molecule has 6 aromatic rings. The van der Waals surface area contributed by atoms with Crippen molar-refractivity contribution in [3.05, 3.63) is 132 Å². The van der Waals surface area contributed by atoms with E-state index < -0.39 is 7.14 Å². The third-order valence-corrected chi connectivity index (χ3v) is 9.88. The minimum atomic E-state index is -3.08. The van der Waals surface area contributed by atoms with E-state index in [-0.39, 0.29) is 0 Å². The normalized spacial score (nSPS) is 11.8. The zero-order chi connectivity index (χ0) is 24.0. The van der Waals surface area contributed by atoms with E-state index in [1.807, 2.05) is 60.7 Å². The van der Waals surface area contributed by atoms with Crippen molar-refractivity contribution >= 4 is 44.9 Å². The van der Waals surface area contributed by atoms with Crippen LogP contribution in [0.4, 0.5) is 0 Å². The minimum Gasteiger partial charge on any atom is -0.309 e. The molecule has 0 spiro atoms. The zero-order valence-electron chi connectivity index (χ0n) is 19.8. The molecule has 0 unspecified atom stereocenters. The number of hydrogen-bond acceptors (Lipinski definition) is 1. The van der Waals surface area contributed by atoms with Gasteiger partial charge >= 0.3 is 0 Å². The molecule has 0 fully saturated rings. The fraction of sp³-hybridized carbons (Fsp3) is 0.0625. The Bertz CT molecular complexity index is 1620. The van der Waals surface area contributed by atoms with Gasteiger partial charge in [0.2, 0.25) is 0 Å². The van der Waals surface area contributed by atoms with Crippen LogP contribution in [-0.2, 0) is 4.57 Å². The van der Waals surface area contributed by atoms with Crippen molar-refractivity contribution < 1.29 is 4.57 Å². The van der Waals surface area contributed by atoms with Crippen molar-refractivity contribution in [2.45, 2.75) is 13.8 Å². The predicted molar refractivity (Wildman–Crippen MR) is 150 cm³/mol. The lowest BCUT2D eigenvalue weighted by Crippen LogP contribution is -2.25. The third-order valence-electron chi connectivity index (χ3n) is 6.83. The van der Waals surface area contributed by atoms with Gasteiger partial charge in [0.1, 0.15) is 0 Å². The molecule has 0 saturated carbocycles. The largest absolute Gasteiger partial charge is 0.309 e. The molecule has 0 bridgehead atoms. The van der Waals surface area contributed by atoms with Crippen LogP contribution in [0, 0.1) is 13.8 Å². The van der Waals surface area contributed by atoms with Gasteiger partial charge in [-0.1, -0.05) is 108 Å². The highest BCUT2D eigenvalue weighted by molar-refractivity contribution is 7.85.